The number of fused-ring (bicyclic) bond motifs is 1. The van der Waals surface area contributed by atoms with Gasteiger partial charge >= 0.3 is 5.13 Å². The highest BCUT2D eigenvalue weighted by Gasteiger charge is 2.43. The Hall–Kier alpha value is -3.97. The van der Waals surface area contributed by atoms with Gasteiger partial charge in [-0.25, -0.2) is 13.9 Å². The smallest absolute Gasteiger partial charge is 0.341 e. The molecule has 2 heterocycles. The number of nitrogens with one attached hydrogen (secondary N) is 1. The van der Waals surface area contributed by atoms with E-state index in [1.807, 2.05) is 79.5 Å². The molecule has 0 radical (unpaired) electrons. The third-order valence-electron chi connectivity index (χ3n) is 6.02. The normalized spacial score (nSPS) is 15.3. The molecule has 0 saturated heterocycles. The fraction of sp³-hybridized carbons (Fsp3) is 0.111. The van der Waals surface area contributed by atoms with Crippen LogP contribution in [0.4, 0.5) is 15.2 Å². The quantitative estimate of drug-likeness (QED) is 0.432. The highest BCUT2D eigenvalue weighted by atomic mass is 32.1. The van der Waals surface area contributed by atoms with Crippen LogP contribution in [0.5, 0.6) is 5.88 Å². The number of halogens is 1. The fourth-order valence-corrected chi connectivity index (χ4v) is 5.41. The Morgan fingerprint density at radius 2 is 1.62 bits per heavy atom. The van der Waals surface area contributed by atoms with E-state index < -0.39 is 6.04 Å². The van der Waals surface area contributed by atoms with Crippen LogP contribution in [0.1, 0.15) is 18.5 Å². The van der Waals surface area contributed by atoms with Crippen LogP contribution >= 0.6 is 11.3 Å². The summed E-state index contributed by atoms with van der Waals surface area (Å²) in [6.07, 6.45) is 0. The third-order valence-corrected chi connectivity index (χ3v) is 7.29. The SMILES string of the molecule is CC1=C(C(=O)Nc2ccccc2)C(c2ccc(F)cc2)[n+]2c(sc(-c3ccccc3)c2[O-])N1C. The summed E-state index contributed by atoms with van der Waals surface area (Å²) in [6, 6.07) is 23.9. The number of para-hydroxylation sites is 1. The fourth-order valence-electron chi connectivity index (χ4n) is 4.23. The van der Waals surface area contributed by atoms with Crippen molar-refractivity contribution in [1.29, 1.82) is 0 Å². The lowest BCUT2D eigenvalue weighted by Crippen LogP contribution is -2.52. The van der Waals surface area contributed by atoms with Crippen molar-refractivity contribution in [2.45, 2.75) is 13.0 Å². The second kappa shape index (κ2) is 8.76. The Kier molecular flexibility index (Phi) is 5.63. The predicted molar refractivity (Wildman–Crippen MR) is 130 cm³/mol. The molecule has 0 fully saturated rings. The Morgan fingerprint density at radius 3 is 2.26 bits per heavy atom. The summed E-state index contributed by atoms with van der Waals surface area (Å²) in [5, 5.41) is 17.4. The molecule has 5 nitrogen and oxygen atoms in total. The van der Waals surface area contributed by atoms with Crippen molar-refractivity contribution in [3.05, 3.63) is 108 Å². The molecule has 170 valence electrons. The molecule has 0 saturated carbocycles. The lowest BCUT2D eigenvalue weighted by molar-refractivity contribution is -0.728. The molecule has 0 spiro atoms. The molecule has 3 aromatic carbocycles. The van der Waals surface area contributed by atoms with Gasteiger partial charge in [0.1, 0.15) is 17.1 Å². The maximum absolute atomic E-state index is 13.8. The molecule has 1 aliphatic rings. The maximum Gasteiger partial charge on any atom is 0.341 e. The first-order valence-corrected chi connectivity index (χ1v) is 11.6. The van der Waals surface area contributed by atoms with Crippen LogP contribution in [0.2, 0.25) is 0 Å². The zero-order chi connectivity index (χ0) is 23.8. The van der Waals surface area contributed by atoms with Crippen molar-refractivity contribution in [3.63, 3.8) is 0 Å². The number of rotatable bonds is 4. The third kappa shape index (κ3) is 3.74. The van der Waals surface area contributed by atoms with E-state index in [0.29, 0.717) is 26.8 Å². The van der Waals surface area contributed by atoms with E-state index in [4.69, 9.17) is 0 Å². The molecule has 4 aromatic rings. The van der Waals surface area contributed by atoms with E-state index >= 15 is 0 Å². The van der Waals surface area contributed by atoms with Crippen LogP contribution in [0, 0.1) is 5.82 Å². The van der Waals surface area contributed by atoms with Gasteiger partial charge in [-0.1, -0.05) is 60.7 Å². The summed E-state index contributed by atoms with van der Waals surface area (Å²) in [5.41, 5.74) is 3.29. The van der Waals surface area contributed by atoms with Crippen molar-refractivity contribution >= 4 is 28.1 Å². The van der Waals surface area contributed by atoms with E-state index in [2.05, 4.69) is 5.32 Å². The molecule has 1 aliphatic heterocycles. The van der Waals surface area contributed by atoms with Crippen molar-refractivity contribution in [2.24, 2.45) is 0 Å². The molecular weight excluding hydrogens is 449 g/mol. The molecule has 34 heavy (non-hydrogen) atoms. The lowest BCUT2D eigenvalue weighted by Gasteiger charge is -2.30. The van der Waals surface area contributed by atoms with E-state index in [9.17, 15) is 14.3 Å². The zero-order valence-electron chi connectivity index (χ0n) is 18.7. The highest BCUT2D eigenvalue weighted by Crippen LogP contribution is 2.43. The molecule has 0 bridgehead atoms. The predicted octanol–water partition coefficient (Wildman–Crippen LogP) is 4.87. The first-order valence-electron chi connectivity index (χ1n) is 10.8. The topological polar surface area (TPSA) is 59.3 Å². The van der Waals surface area contributed by atoms with Gasteiger partial charge in [-0.15, -0.1) is 0 Å². The summed E-state index contributed by atoms with van der Waals surface area (Å²) in [5.74, 6) is -0.879. The minimum Gasteiger partial charge on any atom is -0.841 e. The first kappa shape index (κ1) is 21.9. The molecule has 1 amide bonds. The number of thiazole rings is 1. The van der Waals surface area contributed by atoms with Crippen LogP contribution in [-0.4, -0.2) is 13.0 Å². The number of hydrogen-bond acceptors (Lipinski definition) is 4. The van der Waals surface area contributed by atoms with Gasteiger partial charge in [0.05, 0.1) is 17.8 Å². The van der Waals surface area contributed by atoms with E-state index in [1.165, 1.54) is 23.5 Å². The van der Waals surface area contributed by atoms with Gasteiger partial charge in [0, 0.05) is 11.3 Å². The number of carbonyl (C=O) groups excluding carboxylic acids is 1. The Labute approximate surface area is 201 Å². The number of amides is 1. The number of carbonyl (C=O) groups is 1. The largest absolute Gasteiger partial charge is 0.841 e. The Bertz CT molecular complexity index is 1380. The number of nitrogens with zero attached hydrogens (tertiary/aromatic N) is 2. The van der Waals surface area contributed by atoms with E-state index in [-0.39, 0.29) is 17.6 Å². The molecule has 0 aliphatic carbocycles. The highest BCUT2D eigenvalue weighted by molar-refractivity contribution is 7.18. The number of benzene rings is 3. The molecule has 5 rings (SSSR count). The molecule has 1 atom stereocenters. The molecule has 1 N–H and O–H groups in total. The summed E-state index contributed by atoms with van der Waals surface area (Å²) < 4.78 is 15.4. The number of allylic oxidation sites excluding steroid dienone is 1. The average Bonchev–Trinajstić information content (AvgIpc) is 3.20. The van der Waals surface area contributed by atoms with E-state index in [1.54, 1.807) is 16.7 Å². The van der Waals surface area contributed by atoms with Crippen LogP contribution in [0.15, 0.2) is 96.2 Å². The van der Waals surface area contributed by atoms with Gasteiger partial charge < -0.3 is 10.4 Å². The molecule has 1 unspecified atom stereocenters. The van der Waals surface area contributed by atoms with Crippen LogP contribution in [-0.2, 0) is 4.79 Å². The van der Waals surface area contributed by atoms with Gasteiger partial charge in [-0.05, 0) is 48.1 Å². The first-order chi connectivity index (χ1) is 16.5. The van der Waals surface area contributed by atoms with E-state index in [0.717, 1.165) is 11.3 Å². The standard InChI is InChI=1S/C27H22FN3O2S/c1-17-22(25(32)29-21-11-7-4-8-12-21)23(18-13-15-20(28)16-14-18)31-26(33)24(34-27(31)30(17)2)19-9-5-3-6-10-19/h3-16,23H,1-2H3,(H-,29,32,33). The minimum absolute atomic E-state index is 0.190. The molecule has 7 heteroatoms. The van der Waals surface area contributed by atoms with Gasteiger partial charge in [-0.3, -0.25) is 4.79 Å². The van der Waals surface area contributed by atoms with Gasteiger partial charge in [0.2, 0.25) is 0 Å². The van der Waals surface area contributed by atoms with Gasteiger partial charge in [0.25, 0.3) is 5.91 Å². The maximum atomic E-state index is 13.8. The summed E-state index contributed by atoms with van der Waals surface area (Å²) >= 11 is 1.38. The van der Waals surface area contributed by atoms with Crippen molar-refractivity contribution in [3.8, 4) is 16.3 Å². The summed E-state index contributed by atoms with van der Waals surface area (Å²) in [4.78, 5) is 16.1. The van der Waals surface area contributed by atoms with Crippen molar-refractivity contribution < 1.29 is 18.9 Å². The lowest BCUT2D eigenvalue weighted by atomic mass is 9.94. The van der Waals surface area contributed by atoms with Crippen LogP contribution < -0.4 is 19.9 Å². The number of hydrogen-bond donors (Lipinski definition) is 1. The average molecular weight is 472 g/mol. The zero-order valence-corrected chi connectivity index (χ0v) is 19.5. The van der Waals surface area contributed by atoms with Gasteiger partial charge in [0.15, 0.2) is 6.04 Å². The van der Waals surface area contributed by atoms with Crippen molar-refractivity contribution in [2.75, 3.05) is 17.3 Å². The second-order valence-corrected chi connectivity index (χ2v) is 9.06. The van der Waals surface area contributed by atoms with Crippen molar-refractivity contribution in [1.82, 2.24) is 0 Å². The second-order valence-electron chi connectivity index (χ2n) is 8.09. The molecule has 1 aromatic heterocycles. The summed E-state index contributed by atoms with van der Waals surface area (Å²) in [6.45, 7) is 1.87. The van der Waals surface area contributed by atoms with Crippen LogP contribution in [0.3, 0.4) is 0 Å². The number of anilines is 2. The number of aromatic nitrogens is 1. The Morgan fingerprint density at radius 1 is 1.00 bits per heavy atom. The van der Waals surface area contributed by atoms with Crippen LogP contribution in [0.25, 0.3) is 10.4 Å². The monoisotopic (exact) mass is 471 g/mol. The summed E-state index contributed by atoms with van der Waals surface area (Å²) in [7, 11) is 1.85. The minimum atomic E-state index is -0.697. The van der Waals surface area contributed by atoms with Gasteiger partial charge in [-0.2, -0.15) is 0 Å². The Balaban J connectivity index is 1.69. The molecular formula is C27H22FN3O2S.